The number of benzene rings is 2. The number of imidazole rings is 2. The summed E-state index contributed by atoms with van der Waals surface area (Å²) in [6.07, 6.45) is 7.92. The van der Waals surface area contributed by atoms with Crippen LogP contribution >= 0.6 is 0 Å². The van der Waals surface area contributed by atoms with Crippen molar-refractivity contribution in [3.05, 3.63) is 66.2 Å². The molecule has 1 saturated carbocycles. The van der Waals surface area contributed by atoms with Crippen LogP contribution in [0.25, 0.3) is 33.6 Å². The Morgan fingerprint density at radius 2 is 1.73 bits per heavy atom. The van der Waals surface area contributed by atoms with Gasteiger partial charge >= 0.3 is 0 Å². The third-order valence-electron chi connectivity index (χ3n) is 8.43. The van der Waals surface area contributed by atoms with Gasteiger partial charge in [0.05, 0.1) is 23.9 Å². The number of fused-ring (bicyclic) bond motifs is 2. The maximum Gasteiger partial charge on any atom is 0.253 e. The molecule has 7 rings (SSSR count). The van der Waals surface area contributed by atoms with Gasteiger partial charge in [-0.1, -0.05) is 43.5 Å². The summed E-state index contributed by atoms with van der Waals surface area (Å²) in [5, 5.41) is 3.48. The lowest BCUT2D eigenvalue weighted by Gasteiger charge is -2.32. The number of aromatic nitrogens is 6. The SMILES string of the molecule is CN1CCN(C(=O)c2ccc(-c3nc(NCc4nc5ccccc5[nH]4)c4ncn(C5CCCCC5)c4n3)cc2)CC1. The number of rotatable bonds is 6. The van der Waals surface area contributed by atoms with E-state index in [4.69, 9.17) is 19.9 Å². The van der Waals surface area contributed by atoms with Gasteiger partial charge in [-0.25, -0.2) is 19.9 Å². The number of H-pyrrole nitrogens is 1. The first-order chi connectivity index (χ1) is 20.1. The summed E-state index contributed by atoms with van der Waals surface area (Å²) in [6.45, 7) is 3.78. The topological polar surface area (TPSA) is 108 Å². The van der Waals surface area contributed by atoms with Crippen LogP contribution in [0.3, 0.4) is 0 Å². The van der Waals surface area contributed by atoms with Crippen molar-refractivity contribution >= 4 is 33.9 Å². The summed E-state index contributed by atoms with van der Waals surface area (Å²) < 4.78 is 2.23. The second-order valence-electron chi connectivity index (χ2n) is 11.2. The van der Waals surface area contributed by atoms with Gasteiger partial charge in [-0.2, -0.15) is 0 Å². The lowest BCUT2D eigenvalue weighted by Crippen LogP contribution is -2.47. The summed E-state index contributed by atoms with van der Waals surface area (Å²) in [6, 6.07) is 16.1. The Hall–Kier alpha value is -4.31. The first kappa shape index (κ1) is 25.6. The number of carbonyl (C=O) groups is 1. The lowest BCUT2D eigenvalue weighted by atomic mass is 9.95. The van der Waals surface area contributed by atoms with Crippen LogP contribution in [0.4, 0.5) is 5.82 Å². The molecule has 1 aliphatic heterocycles. The Morgan fingerprint density at radius 3 is 2.51 bits per heavy atom. The van der Waals surface area contributed by atoms with Crippen LogP contribution in [0.15, 0.2) is 54.9 Å². The molecular formula is C31H35N9O. The van der Waals surface area contributed by atoms with E-state index in [1.807, 2.05) is 59.8 Å². The molecular weight excluding hydrogens is 514 g/mol. The largest absolute Gasteiger partial charge is 0.361 e. The highest BCUT2D eigenvalue weighted by atomic mass is 16.2. The molecule has 2 N–H and O–H groups in total. The number of piperazine rings is 1. The zero-order valence-corrected chi connectivity index (χ0v) is 23.4. The second kappa shape index (κ2) is 10.9. The van der Waals surface area contributed by atoms with Crippen molar-refractivity contribution in [3.63, 3.8) is 0 Å². The van der Waals surface area contributed by atoms with E-state index >= 15 is 0 Å². The molecule has 0 atom stereocenters. The van der Waals surface area contributed by atoms with E-state index in [1.165, 1.54) is 19.3 Å². The quantitative estimate of drug-likeness (QED) is 0.311. The molecule has 1 aliphatic carbocycles. The van der Waals surface area contributed by atoms with Gasteiger partial charge in [0.2, 0.25) is 0 Å². The summed E-state index contributed by atoms with van der Waals surface area (Å²) in [5.74, 6) is 2.20. The van der Waals surface area contributed by atoms with E-state index in [1.54, 1.807) is 0 Å². The Kier molecular flexibility index (Phi) is 6.84. The van der Waals surface area contributed by atoms with Gasteiger partial charge < -0.3 is 24.7 Å². The fourth-order valence-corrected chi connectivity index (χ4v) is 6.01. The van der Waals surface area contributed by atoms with Crippen LogP contribution in [0.5, 0.6) is 0 Å². The van der Waals surface area contributed by atoms with E-state index in [0.29, 0.717) is 29.8 Å². The fraction of sp³-hybridized carbons (Fsp3) is 0.387. The number of aromatic amines is 1. The standard InChI is InChI=1S/C31H35N9O/c1-38-15-17-39(18-16-38)31(41)22-13-11-21(12-14-22)28-36-29(32-19-26-34-24-9-5-6-10-25(24)35-26)27-30(37-28)40(20-33-27)23-7-3-2-4-8-23/h5-6,9-14,20,23H,2-4,7-8,15-19H2,1H3,(H,34,35)(H,32,36,37). The first-order valence-electron chi connectivity index (χ1n) is 14.6. The minimum Gasteiger partial charge on any atom is -0.361 e. The minimum atomic E-state index is 0.0737. The van der Waals surface area contributed by atoms with Crippen LogP contribution < -0.4 is 5.32 Å². The number of para-hydroxylation sites is 2. The molecule has 4 heterocycles. The average molecular weight is 550 g/mol. The third-order valence-corrected chi connectivity index (χ3v) is 8.43. The number of hydrogen-bond donors (Lipinski definition) is 2. The van der Waals surface area contributed by atoms with Gasteiger partial charge in [0.1, 0.15) is 11.3 Å². The molecule has 10 nitrogen and oxygen atoms in total. The maximum absolute atomic E-state index is 13.1. The smallest absolute Gasteiger partial charge is 0.253 e. The fourth-order valence-electron chi connectivity index (χ4n) is 6.01. The monoisotopic (exact) mass is 549 g/mol. The number of anilines is 1. The van der Waals surface area contributed by atoms with Crippen molar-refractivity contribution in [2.24, 2.45) is 0 Å². The van der Waals surface area contributed by atoms with Crippen LogP contribution in [0.1, 0.15) is 54.3 Å². The number of hydrogen-bond acceptors (Lipinski definition) is 7. The predicted molar refractivity (Wildman–Crippen MR) is 160 cm³/mol. The minimum absolute atomic E-state index is 0.0737. The maximum atomic E-state index is 13.1. The molecule has 0 spiro atoms. The van der Waals surface area contributed by atoms with E-state index in [-0.39, 0.29) is 5.91 Å². The van der Waals surface area contributed by atoms with Gasteiger partial charge in [0.25, 0.3) is 5.91 Å². The number of nitrogens with one attached hydrogen (secondary N) is 2. The molecule has 0 bridgehead atoms. The molecule has 2 fully saturated rings. The Bertz CT molecular complexity index is 1640. The average Bonchev–Trinajstić information content (AvgIpc) is 3.65. The normalized spacial score (nSPS) is 17.0. The van der Waals surface area contributed by atoms with Crippen molar-refractivity contribution in [2.45, 2.75) is 44.7 Å². The van der Waals surface area contributed by atoms with E-state index in [9.17, 15) is 4.79 Å². The summed E-state index contributed by atoms with van der Waals surface area (Å²) in [7, 11) is 2.09. The summed E-state index contributed by atoms with van der Waals surface area (Å²) >= 11 is 0. The molecule has 0 radical (unpaired) electrons. The van der Waals surface area contributed by atoms with E-state index < -0.39 is 0 Å². The molecule has 2 aliphatic rings. The Balaban J connectivity index is 1.20. The van der Waals surface area contributed by atoms with Crippen LogP contribution in [-0.4, -0.2) is 78.4 Å². The van der Waals surface area contributed by atoms with Crippen molar-refractivity contribution in [3.8, 4) is 11.4 Å². The van der Waals surface area contributed by atoms with E-state index in [0.717, 1.165) is 72.6 Å². The van der Waals surface area contributed by atoms with Crippen molar-refractivity contribution in [1.82, 2.24) is 39.3 Å². The Morgan fingerprint density at radius 1 is 0.951 bits per heavy atom. The van der Waals surface area contributed by atoms with Crippen molar-refractivity contribution in [1.29, 1.82) is 0 Å². The van der Waals surface area contributed by atoms with Crippen molar-refractivity contribution in [2.75, 3.05) is 38.5 Å². The number of amides is 1. The summed E-state index contributed by atoms with van der Waals surface area (Å²) in [4.78, 5) is 40.1. The molecule has 2 aromatic carbocycles. The molecule has 10 heteroatoms. The highest BCUT2D eigenvalue weighted by Crippen LogP contribution is 2.33. The zero-order valence-electron chi connectivity index (χ0n) is 23.4. The van der Waals surface area contributed by atoms with Gasteiger partial charge in [-0.3, -0.25) is 4.79 Å². The highest BCUT2D eigenvalue weighted by Gasteiger charge is 2.23. The molecule has 5 aromatic rings. The van der Waals surface area contributed by atoms with Gasteiger partial charge in [-0.05, 0) is 44.2 Å². The third kappa shape index (κ3) is 5.15. The van der Waals surface area contributed by atoms with E-state index in [2.05, 4.69) is 26.8 Å². The molecule has 210 valence electrons. The van der Waals surface area contributed by atoms with Crippen molar-refractivity contribution < 1.29 is 4.79 Å². The van der Waals surface area contributed by atoms with Gasteiger partial charge in [0.15, 0.2) is 17.3 Å². The number of likely N-dealkylation sites (N-methyl/N-ethyl adjacent to an activating group) is 1. The number of nitrogens with zero attached hydrogens (tertiary/aromatic N) is 7. The Labute approximate surface area is 238 Å². The van der Waals surface area contributed by atoms with Crippen LogP contribution in [-0.2, 0) is 6.54 Å². The predicted octanol–water partition coefficient (Wildman–Crippen LogP) is 4.87. The van der Waals surface area contributed by atoms with Gasteiger partial charge in [-0.15, -0.1) is 0 Å². The van der Waals surface area contributed by atoms with Gasteiger partial charge in [0, 0.05) is 43.3 Å². The van der Waals surface area contributed by atoms with Crippen LogP contribution in [0, 0.1) is 0 Å². The second-order valence-corrected chi connectivity index (χ2v) is 11.2. The molecule has 41 heavy (non-hydrogen) atoms. The number of carbonyl (C=O) groups excluding carboxylic acids is 1. The molecule has 1 amide bonds. The molecule has 3 aromatic heterocycles. The zero-order chi connectivity index (χ0) is 27.8. The lowest BCUT2D eigenvalue weighted by molar-refractivity contribution is 0.0664. The molecule has 1 saturated heterocycles. The first-order valence-corrected chi connectivity index (χ1v) is 14.6. The summed E-state index contributed by atoms with van der Waals surface area (Å²) in [5.41, 5.74) is 5.10. The van der Waals surface area contributed by atoms with Crippen LogP contribution in [0.2, 0.25) is 0 Å². The molecule has 0 unspecified atom stereocenters. The highest BCUT2D eigenvalue weighted by molar-refractivity contribution is 5.95.